The first-order valence-corrected chi connectivity index (χ1v) is 19.6. The molecule has 13 heteroatoms. The molecule has 3 aliphatic heterocycles. The average molecular weight is 770 g/mol. The van der Waals surface area contributed by atoms with Gasteiger partial charge in [0, 0.05) is 54.9 Å². The van der Waals surface area contributed by atoms with Gasteiger partial charge in [-0.25, -0.2) is 9.97 Å². The van der Waals surface area contributed by atoms with Crippen molar-refractivity contribution in [1.82, 2.24) is 20.2 Å². The van der Waals surface area contributed by atoms with E-state index in [0.29, 0.717) is 5.69 Å². The molecular weight excluding hydrogens is 727 g/mol. The van der Waals surface area contributed by atoms with Crippen molar-refractivity contribution in [3.63, 3.8) is 0 Å². The molecule has 9 rings (SSSR count). The molecule has 57 heavy (non-hydrogen) atoms. The Morgan fingerprint density at radius 1 is 0.877 bits per heavy atom. The SMILES string of the molecule is CC(=O)c1nccc(COc2ccc(C3(c4ccc(OC5CC(Nc6ccc7c(c6)C(=O)N(C6CCC(=O)NC6=O)C7=O)C5)cc4)CCC4(CC3)COC4)cc2)n1. The largest absolute Gasteiger partial charge is 0.490 e. The van der Waals surface area contributed by atoms with E-state index in [4.69, 9.17) is 14.2 Å². The van der Waals surface area contributed by atoms with Gasteiger partial charge in [-0.2, -0.15) is 0 Å². The van der Waals surface area contributed by atoms with Crippen molar-refractivity contribution in [2.24, 2.45) is 5.41 Å². The van der Waals surface area contributed by atoms with Crippen LogP contribution in [0.1, 0.15) is 106 Å². The van der Waals surface area contributed by atoms with E-state index in [1.54, 1.807) is 30.5 Å². The lowest BCUT2D eigenvalue weighted by Gasteiger charge is -2.51. The number of ketones is 1. The summed E-state index contributed by atoms with van der Waals surface area (Å²) in [4.78, 5) is 71.3. The number of ether oxygens (including phenoxy) is 3. The number of carbonyl (C=O) groups is 5. The Morgan fingerprint density at radius 3 is 2.21 bits per heavy atom. The van der Waals surface area contributed by atoms with Gasteiger partial charge in [0.05, 0.1) is 30.0 Å². The molecule has 4 fully saturated rings. The zero-order valence-corrected chi connectivity index (χ0v) is 31.6. The number of imide groups is 2. The fourth-order valence-corrected chi connectivity index (χ4v) is 8.93. The van der Waals surface area contributed by atoms with Gasteiger partial charge < -0.3 is 19.5 Å². The van der Waals surface area contributed by atoms with E-state index < -0.39 is 29.7 Å². The summed E-state index contributed by atoms with van der Waals surface area (Å²) in [7, 11) is 0. The zero-order valence-electron chi connectivity index (χ0n) is 31.6. The number of nitrogens with one attached hydrogen (secondary N) is 2. The summed E-state index contributed by atoms with van der Waals surface area (Å²) in [5.41, 5.74) is 4.49. The monoisotopic (exact) mass is 769 g/mol. The minimum Gasteiger partial charge on any atom is -0.490 e. The summed E-state index contributed by atoms with van der Waals surface area (Å²) in [6.07, 6.45) is 7.56. The summed E-state index contributed by atoms with van der Waals surface area (Å²) in [6.45, 7) is 3.35. The number of anilines is 1. The highest BCUT2D eigenvalue weighted by atomic mass is 16.5. The Morgan fingerprint density at radius 2 is 1.56 bits per heavy atom. The second-order valence-corrected chi connectivity index (χ2v) is 16.1. The third-order valence-corrected chi connectivity index (χ3v) is 12.4. The van der Waals surface area contributed by atoms with Gasteiger partial charge in [-0.05, 0) is 91.8 Å². The molecule has 292 valence electrons. The predicted molar refractivity (Wildman–Crippen MR) is 206 cm³/mol. The van der Waals surface area contributed by atoms with Crippen molar-refractivity contribution in [1.29, 1.82) is 0 Å². The van der Waals surface area contributed by atoms with Crippen LogP contribution in [0.4, 0.5) is 5.69 Å². The Labute approximate surface area is 329 Å². The fourth-order valence-electron chi connectivity index (χ4n) is 8.93. The number of nitrogens with zero attached hydrogens (tertiary/aromatic N) is 3. The van der Waals surface area contributed by atoms with E-state index in [2.05, 4.69) is 57.0 Å². The molecule has 4 heterocycles. The Bertz CT molecular complexity index is 2250. The van der Waals surface area contributed by atoms with Crippen molar-refractivity contribution < 1.29 is 38.2 Å². The van der Waals surface area contributed by atoms with Gasteiger partial charge in [0.1, 0.15) is 30.3 Å². The predicted octanol–water partition coefficient (Wildman–Crippen LogP) is 5.56. The molecule has 1 aromatic heterocycles. The number of piperidine rings is 1. The molecule has 2 saturated carbocycles. The topological polar surface area (TPSA) is 166 Å². The fraction of sp³-hybridized carbons (Fsp3) is 0.386. The molecule has 1 unspecified atom stereocenters. The number of benzene rings is 3. The van der Waals surface area contributed by atoms with E-state index >= 15 is 0 Å². The first kappa shape index (κ1) is 36.7. The maximum atomic E-state index is 13.3. The highest BCUT2D eigenvalue weighted by molar-refractivity contribution is 6.23. The van der Waals surface area contributed by atoms with Gasteiger partial charge in [0.15, 0.2) is 11.6 Å². The van der Waals surface area contributed by atoms with Gasteiger partial charge >= 0.3 is 0 Å². The Balaban J connectivity index is 0.825. The maximum absolute atomic E-state index is 13.3. The Hall–Kier alpha value is -5.95. The van der Waals surface area contributed by atoms with Gasteiger partial charge in [-0.1, -0.05) is 24.3 Å². The molecule has 2 aliphatic carbocycles. The first-order chi connectivity index (χ1) is 27.6. The maximum Gasteiger partial charge on any atom is 0.262 e. The molecule has 2 saturated heterocycles. The number of carbonyl (C=O) groups excluding carboxylic acids is 5. The second kappa shape index (κ2) is 14.5. The van der Waals surface area contributed by atoms with Crippen LogP contribution in [-0.4, -0.2) is 75.7 Å². The smallest absolute Gasteiger partial charge is 0.262 e. The minimum atomic E-state index is -0.993. The number of aromatic nitrogens is 2. The molecule has 4 amide bonds. The van der Waals surface area contributed by atoms with Crippen molar-refractivity contribution in [2.75, 3.05) is 18.5 Å². The van der Waals surface area contributed by atoms with Crippen LogP contribution in [-0.2, 0) is 26.3 Å². The van der Waals surface area contributed by atoms with Crippen LogP contribution in [0.15, 0.2) is 79.0 Å². The number of hydrogen-bond donors (Lipinski definition) is 2. The number of amides is 4. The number of rotatable bonds is 11. The number of hydrogen-bond acceptors (Lipinski definition) is 11. The van der Waals surface area contributed by atoms with E-state index in [0.717, 1.165) is 73.8 Å². The molecule has 1 spiro atoms. The second-order valence-electron chi connectivity index (χ2n) is 16.1. The number of fused-ring (bicyclic) bond motifs is 1. The summed E-state index contributed by atoms with van der Waals surface area (Å²) in [5, 5.41) is 5.69. The third kappa shape index (κ3) is 6.94. The highest BCUT2D eigenvalue weighted by Gasteiger charge is 2.48. The molecule has 5 aliphatic rings. The van der Waals surface area contributed by atoms with Gasteiger partial charge in [-0.3, -0.25) is 34.2 Å². The normalized spacial score (nSPS) is 23.2. The standard InChI is InChI=1S/C44H43N5O8/c1-26(50)39-45-19-14-30(47-39)23-56-32-7-2-27(3-8-32)44(17-15-43(16-18-44)24-55-25-43)28-4-9-33(10-5-28)57-34-20-31(21-34)46-29-6-11-35-36(22-29)42(54)49(41(35)53)37-12-13-38(51)48-40(37)52/h2-11,14,19,22,31,34,37,46H,12-13,15-18,20-21,23-25H2,1H3,(H,48,51,52). The molecule has 0 bridgehead atoms. The van der Waals surface area contributed by atoms with E-state index in [1.165, 1.54) is 18.1 Å². The highest BCUT2D eigenvalue weighted by Crippen LogP contribution is 2.53. The lowest BCUT2D eigenvalue weighted by molar-refractivity contribution is -0.136. The van der Waals surface area contributed by atoms with Crippen LogP contribution < -0.4 is 20.1 Å². The summed E-state index contributed by atoms with van der Waals surface area (Å²) < 4.78 is 18.1. The van der Waals surface area contributed by atoms with Gasteiger partial charge in [-0.15, -0.1) is 0 Å². The van der Waals surface area contributed by atoms with Crippen molar-refractivity contribution >= 4 is 35.1 Å². The van der Waals surface area contributed by atoms with Crippen LogP contribution in [0.3, 0.4) is 0 Å². The average Bonchev–Trinajstić information content (AvgIpc) is 3.44. The Kier molecular flexibility index (Phi) is 9.35. The molecule has 0 radical (unpaired) electrons. The van der Waals surface area contributed by atoms with Crippen LogP contribution in [0.5, 0.6) is 11.5 Å². The van der Waals surface area contributed by atoms with Gasteiger partial charge in [0.25, 0.3) is 11.8 Å². The van der Waals surface area contributed by atoms with Crippen molar-refractivity contribution in [3.8, 4) is 11.5 Å². The summed E-state index contributed by atoms with van der Waals surface area (Å²) >= 11 is 0. The number of Topliss-reactive ketones (excluding diaryl/α,β-unsaturated/α-hetero) is 1. The van der Waals surface area contributed by atoms with Crippen LogP contribution in [0, 0.1) is 5.41 Å². The van der Waals surface area contributed by atoms with Crippen molar-refractivity contribution in [3.05, 3.63) is 113 Å². The van der Waals surface area contributed by atoms with E-state index in [-0.39, 0.29) is 65.2 Å². The summed E-state index contributed by atoms with van der Waals surface area (Å²) in [5.74, 6) is -0.534. The van der Waals surface area contributed by atoms with E-state index in [9.17, 15) is 24.0 Å². The lowest BCUT2D eigenvalue weighted by atomic mass is 9.58. The molecular formula is C44H43N5O8. The molecule has 2 N–H and O–H groups in total. The van der Waals surface area contributed by atoms with E-state index in [1.807, 2.05) is 12.1 Å². The molecule has 3 aromatic carbocycles. The zero-order chi connectivity index (χ0) is 39.3. The van der Waals surface area contributed by atoms with Crippen LogP contribution in [0.25, 0.3) is 0 Å². The minimum absolute atomic E-state index is 0.0278. The third-order valence-electron chi connectivity index (χ3n) is 12.4. The first-order valence-electron chi connectivity index (χ1n) is 19.6. The summed E-state index contributed by atoms with van der Waals surface area (Å²) in [6, 6.07) is 22.8. The molecule has 4 aromatic rings. The van der Waals surface area contributed by atoms with Gasteiger partial charge in [0.2, 0.25) is 11.8 Å². The molecule has 13 nitrogen and oxygen atoms in total. The van der Waals surface area contributed by atoms with Crippen LogP contribution >= 0.6 is 0 Å². The molecule has 1 atom stereocenters. The van der Waals surface area contributed by atoms with Crippen LogP contribution in [0.2, 0.25) is 0 Å². The quantitative estimate of drug-likeness (QED) is 0.145. The lowest BCUT2D eigenvalue weighted by Crippen LogP contribution is -2.54. The van der Waals surface area contributed by atoms with Crippen molar-refractivity contribution in [2.45, 2.75) is 88.5 Å².